The van der Waals surface area contributed by atoms with Crippen LogP contribution >= 0.6 is 11.6 Å². The van der Waals surface area contributed by atoms with Crippen molar-refractivity contribution >= 4 is 11.6 Å². The van der Waals surface area contributed by atoms with Gasteiger partial charge in [-0.1, -0.05) is 29.8 Å². The van der Waals surface area contributed by atoms with Gasteiger partial charge in [0, 0.05) is 17.7 Å². The molecule has 0 unspecified atom stereocenters. The van der Waals surface area contributed by atoms with Crippen LogP contribution in [0.25, 0.3) is 0 Å². The van der Waals surface area contributed by atoms with Gasteiger partial charge in [-0.05, 0) is 41.8 Å². The Hall–Kier alpha value is -1.71. The van der Waals surface area contributed by atoms with Crippen LogP contribution in [0.3, 0.4) is 0 Å². The fraction of sp³-hybridized carbons (Fsp3) is 0.429. The standard InChI is InChI=1S/C21H25ClO7/c1-27-11-17-18(23)19(24)20(25)21(26,29-17)14-5-8-16(22)13(10-14)9-12-3-6-15(28-2)7-4-12/h3-8,10,17-20,23-26H,9,11H2,1-2H3/t17-,18-,19+,20-,21-/m1/s1. The number of rotatable bonds is 6. The van der Waals surface area contributed by atoms with Gasteiger partial charge in [-0.3, -0.25) is 0 Å². The smallest absolute Gasteiger partial charge is 0.222 e. The Morgan fingerprint density at radius 2 is 1.72 bits per heavy atom. The average Bonchev–Trinajstić information content (AvgIpc) is 2.72. The number of halogens is 1. The molecule has 0 bridgehead atoms. The second-order valence-corrected chi connectivity index (χ2v) is 7.47. The number of benzene rings is 2. The topological polar surface area (TPSA) is 109 Å². The van der Waals surface area contributed by atoms with Crippen LogP contribution in [-0.2, 0) is 21.7 Å². The first-order valence-electron chi connectivity index (χ1n) is 9.15. The van der Waals surface area contributed by atoms with Gasteiger partial charge < -0.3 is 34.6 Å². The molecule has 1 fully saturated rings. The van der Waals surface area contributed by atoms with Crippen LogP contribution in [0.2, 0.25) is 5.02 Å². The molecule has 158 valence electrons. The lowest BCUT2D eigenvalue weighted by atomic mass is 9.87. The van der Waals surface area contributed by atoms with Gasteiger partial charge in [0.05, 0.1) is 13.7 Å². The predicted molar refractivity (Wildman–Crippen MR) is 106 cm³/mol. The summed E-state index contributed by atoms with van der Waals surface area (Å²) in [7, 11) is 3.00. The fourth-order valence-electron chi connectivity index (χ4n) is 3.44. The number of aliphatic hydroxyl groups is 4. The Labute approximate surface area is 174 Å². The number of methoxy groups -OCH3 is 2. The maximum Gasteiger partial charge on any atom is 0.222 e. The van der Waals surface area contributed by atoms with Crippen molar-refractivity contribution in [2.75, 3.05) is 20.8 Å². The Bertz CT molecular complexity index is 828. The van der Waals surface area contributed by atoms with Crippen LogP contribution in [0.5, 0.6) is 5.75 Å². The largest absolute Gasteiger partial charge is 0.497 e. The first-order chi connectivity index (χ1) is 13.8. The van der Waals surface area contributed by atoms with Gasteiger partial charge >= 0.3 is 0 Å². The van der Waals surface area contributed by atoms with Gasteiger partial charge in [-0.2, -0.15) is 0 Å². The van der Waals surface area contributed by atoms with E-state index in [1.807, 2.05) is 24.3 Å². The fourth-order valence-corrected chi connectivity index (χ4v) is 3.62. The summed E-state index contributed by atoms with van der Waals surface area (Å²) in [5.41, 5.74) is 1.88. The molecule has 1 heterocycles. The lowest BCUT2D eigenvalue weighted by Crippen LogP contribution is -2.63. The van der Waals surface area contributed by atoms with Gasteiger partial charge in [0.1, 0.15) is 30.2 Å². The summed E-state index contributed by atoms with van der Waals surface area (Å²) in [6.07, 6.45) is -5.34. The molecule has 5 atom stereocenters. The monoisotopic (exact) mass is 424 g/mol. The third kappa shape index (κ3) is 4.41. The molecule has 7 nitrogen and oxygen atoms in total. The summed E-state index contributed by atoms with van der Waals surface area (Å²) in [6, 6.07) is 12.2. The van der Waals surface area contributed by atoms with E-state index in [9.17, 15) is 20.4 Å². The molecule has 1 saturated heterocycles. The van der Waals surface area contributed by atoms with Crippen molar-refractivity contribution in [1.29, 1.82) is 0 Å². The zero-order valence-electron chi connectivity index (χ0n) is 16.2. The Balaban J connectivity index is 1.92. The Morgan fingerprint density at radius 3 is 2.34 bits per heavy atom. The summed E-state index contributed by atoms with van der Waals surface area (Å²) >= 11 is 6.34. The third-order valence-electron chi connectivity index (χ3n) is 5.13. The summed E-state index contributed by atoms with van der Waals surface area (Å²) < 4.78 is 15.7. The van der Waals surface area contributed by atoms with Crippen LogP contribution < -0.4 is 4.74 Å². The minimum absolute atomic E-state index is 0.0699. The summed E-state index contributed by atoms with van der Waals surface area (Å²) in [5, 5.41) is 42.3. The second-order valence-electron chi connectivity index (χ2n) is 7.07. The molecule has 2 aromatic rings. The molecule has 29 heavy (non-hydrogen) atoms. The van der Waals surface area contributed by atoms with Crippen molar-refractivity contribution in [2.24, 2.45) is 0 Å². The van der Waals surface area contributed by atoms with E-state index in [1.165, 1.54) is 13.2 Å². The number of hydrogen-bond donors (Lipinski definition) is 4. The molecule has 0 amide bonds. The molecule has 8 heteroatoms. The molecule has 2 aromatic carbocycles. The molecular weight excluding hydrogens is 400 g/mol. The van der Waals surface area contributed by atoms with Crippen LogP contribution in [-0.4, -0.2) is 65.7 Å². The van der Waals surface area contributed by atoms with Gasteiger partial charge in [0.15, 0.2) is 0 Å². The van der Waals surface area contributed by atoms with E-state index in [0.717, 1.165) is 11.3 Å². The highest BCUT2D eigenvalue weighted by atomic mass is 35.5. The maximum atomic E-state index is 11.1. The third-order valence-corrected chi connectivity index (χ3v) is 5.50. The van der Waals surface area contributed by atoms with Crippen LogP contribution in [0.4, 0.5) is 0 Å². The highest BCUT2D eigenvalue weighted by molar-refractivity contribution is 6.31. The molecule has 3 rings (SSSR count). The summed E-state index contributed by atoms with van der Waals surface area (Å²) in [6.45, 7) is -0.0699. The van der Waals surface area contributed by atoms with E-state index < -0.39 is 30.2 Å². The van der Waals surface area contributed by atoms with Gasteiger partial charge in [0.25, 0.3) is 0 Å². The minimum atomic E-state index is -2.24. The molecule has 1 aliphatic heterocycles. The zero-order valence-corrected chi connectivity index (χ0v) is 16.9. The highest BCUT2D eigenvalue weighted by Crippen LogP contribution is 2.38. The number of aliphatic hydroxyl groups excluding tert-OH is 3. The second kappa shape index (κ2) is 8.97. The van der Waals surface area contributed by atoms with Gasteiger partial charge in [-0.25, -0.2) is 0 Å². The lowest BCUT2D eigenvalue weighted by molar-refractivity contribution is -0.358. The first kappa shape index (κ1) is 22.0. The van der Waals surface area contributed by atoms with E-state index in [-0.39, 0.29) is 12.2 Å². The van der Waals surface area contributed by atoms with Gasteiger partial charge in [-0.15, -0.1) is 0 Å². The van der Waals surface area contributed by atoms with Crippen LogP contribution in [0.1, 0.15) is 16.7 Å². The van der Waals surface area contributed by atoms with Crippen molar-refractivity contribution < 1.29 is 34.6 Å². The normalized spacial score (nSPS) is 29.6. The predicted octanol–water partition coefficient (Wildman–Crippen LogP) is 1.21. The minimum Gasteiger partial charge on any atom is -0.497 e. The van der Waals surface area contributed by atoms with Crippen LogP contribution in [0, 0.1) is 0 Å². The lowest BCUT2D eigenvalue weighted by Gasteiger charge is -2.46. The van der Waals surface area contributed by atoms with Crippen molar-refractivity contribution in [2.45, 2.75) is 36.6 Å². The van der Waals surface area contributed by atoms with Gasteiger partial charge in [0.2, 0.25) is 5.79 Å². The van der Waals surface area contributed by atoms with E-state index in [4.69, 9.17) is 25.8 Å². The highest BCUT2D eigenvalue weighted by Gasteiger charge is 2.53. The maximum absolute atomic E-state index is 11.1. The van der Waals surface area contributed by atoms with E-state index in [2.05, 4.69) is 0 Å². The zero-order chi connectivity index (χ0) is 21.2. The summed E-state index contributed by atoms with van der Waals surface area (Å²) in [4.78, 5) is 0. The van der Waals surface area contributed by atoms with E-state index >= 15 is 0 Å². The Kier molecular flexibility index (Phi) is 6.80. The Morgan fingerprint density at radius 1 is 1.03 bits per heavy atom. The van der Waals surface area contributed by atoms with Crippen molar-refractivity contribution in [1.82, 2.24) is 0 Å². The van der Waals surface area contributed by atoms with Crippen LogP contribution in [0.15, 0.2) is 42.5 Å². The molecule has 0 spiro atoms. The molecular formula is C21H25ClO7. The molecule has 0 aromatic heterocycles. The molecule has 0 radical (unpaired) electrons. The van der Waals surface area contributed by atoms with Crippen molar-refractivity contribution in [3.05, 3.63) is 64.2 Å². The average molecular weight is 425 g/mol. The number of hydrogen-bond acceptors (Lipinski definition) is 7. The van der Waals surface area contributed by atoms with E-state index in [1.54, 1.807) is 19.2 Å². The van der Waals surface area contributed by atoms with Crippen molar-refractivity contribution in [3.8, 4) is 5.75 Å². The number of ether oxygens (including phenoxy) is 3. The molecule has 0 saturated carbocycles. The first-order valence-corrected chi connectivity index (χ1v) is 9.53. The SMILES string of the molecule is COC[C@H]1O[C@](O)(c2ccc(Cl)c(Cc3ccc(OC)cc3)c2)[C@H](O)[C@@H](O)[C@@H]1O. The summed E-state index contributed by atoms with van der Waals surface area (Å²) in [5.74, 6) is -1.50. The molecule has 0 aliphatic carbocycles. The van der Waals surface area contributed by atoms with E-state index in [0.29, 0.717) is 17.0 Å². The van der Waals surface area contributed by atoms with Crippen molar-refractivity contribution in [3.63, 3.8) is 0 Å². The molecule has 4 N–H and O–H groups in total. The quantitative estimate of drug-likeness (QED) is 0.552. The molecule has 1 aliphatic rings.